The smallest absolute Gasteiger partial charge is 0.0858 e. The maximum Gasteiger partial charge on any atom is 0.0858 e. The van der Waals surface area contributed by atoms with Gasteiger partial charge in [0.2, 0.25) is 0 Å². The summed E-state index contributed by atoms with van der Waals surface area (Å²) in [5.41, 5.74) is 3.06. The second-order valence-corrected chi connectivity index (χ2v) is 4.23. The van der Waals surface area contributed by atoms with Crippen molar-refractivity contribution in [2.45, 2.75) is 6.54 Å². The summed E-state index contributed by atoms with van der Waals surface area (Å²) < 4.78 is 1.68. The maximum atomic E-state index is 4.13. The molecule has 0 spiro atoms. The van der Waals surface area contributed by atoms with E-state index in [0.29, 0.717) is 6.54 Å². The number of aromatic nitrogens is 5. The molecule has 0 fully saturated rings. The molecular formula is C14H14N6. The van der Waals surface area contributed by atoms with Crippen LogP contribution >= 0.6 is 0 Å². The Labute approximate surface area is 116 Å². The predicted octanol–water partition coefficient (Wildman–Crippen LogP) is 2.18. The third kappa shape index (κ3) is 2.59. The second kappa shape index (κ2) is 5.40. The average Bonchev–Trinajstić information content (AvgIpc) is 3.17. The Bertz CT molecular complexity index is 681. The lowest BCUT2D eigenvalue weighted by Crippen LogP contribution is -2.00. The lowest BCUT2D eigenvalue weighted by molar-refractivity contribution is 0.752. The lowest BCUT2D eigenvalue weighted by Gasteiger charge is -2.05. The molecule has 0 aliphatic heterocycles. The molecule has 0 aliphatic carbocycles. The summed E-state index contributed by atoms with van der Waals surface area (Å²) in [5.74, 6) is 0. The summed E-state index contributed by atoms with van der Waals surface area (Å²) >= 11 is 0. The monoisotopic (exact) mass is 266 g/mol. The molecule has 1 aromatic carbocycles. The first-order chi connectivity index (χ1) is 9.85. The zero-order chi connectivity index (χ0) is 13.8. The number of anilines is 1. The van der Waals surface area contributed by atoms with Crippen LogP contribution in [0, 0.1) is 0 Å². The predicted molar refractivity (Wildman–Crippen MR) is 77.3 cm³/mol. The fraction of sp³-hybridized carbons (Fsp3) is 0.0714. The number of nitrogens with zero attached hydrogens (tertiary/aromatic N) is 5. The van der Waals surface area contributed by atoms with E-state index in [-0.39, 0.29) is 0 Å². The van der Waals surface area contributed by atoms with Crippen LogP contribution in [0.3, 0.4) is 0 Å². The maximum absolute atomic E-state index is 4.13. The molecular weight excluding hydrogens is 252 g/mol. The van der Waals surface area contributed by atoms with E-state index in [1.165, 1.54) is 0 Å². The fourth-order valence-corrected chi connectivity index (χ4v) is 1.83. The average molecular weight is 266 g/mol. The minimum Gasteiger partial charge on any atom is -0.381 e. The zero-order valence-corrected chi connectivity index (χ0v) is 10.8. The Hall–Kier alpha value is -2.89. The summed E-state index contributed by atoms with van der Waals surface area (Å²) in [5, 5.41) is 15.6. The standard InChI is InChI=1S/C14H14N6/c1-2-19-11-12(10-18-19)9-15-13-3-5-14(6-4-13)20-16-7-8-17-20/h2-8,10-11,15H,1,9H2. The number of hydrogen-bond acceptors (Lipinski definition) is 4. The minimum atomic E-state index is 0.715. The highest BCUT2D eigenvalue weighted by Crippen LogP contribution is 2.12. The Balaban J connectivity index is 1.65. The van der Waals surface area contributed by atoms with Crippen LogP contribution in [0.1, 0.15) is 5.56 Å². The van der Waals surface area contributed by atoms with E-state index in [4.69, 9.17) is 0 Å². The van der Waals surface area contributed by atoms with Crippen LogP contribution in [0.2, 0.25) is 0 Å². The Kier molecular flexibility index (Phi) is 3.28. The molecule has 0 saturated carbocycles. The van der Waals surface area contributed by atoms with Gasteiger partial charge in [-0.1, -0.05) is 6.58 Å². The molecule has 0 unspecified atom stereocenters. The van der Waals surface area contributed by atoms with Crippen molar-refractivity contribution >= 4 is 11.9 Å². The molecule has 1 N–H and O–H groups in total. The van der Waals surface area contributed by atoms with Gasteiger partial charge in [0.25, 0.3) is 0 Å². The van der Waals surface area contributed by atoms with Crippen LogP contribution in [-0.2, 0) is 6.54 Å². The zero-order valence-electron chi connectivity index (χ0n) is 10.8. The molecule has 0 amide bonds. The van der Waals surface area contributed by atoms with Gasteiger partial charge in [-0.15, -0.1) is 0 Å². The number of benzene rings is 1. The van der Waals surface area contributed by atoms with Gasteiger partial charge in [-0.05, 0) is 24.3 Å². The van der Waals surface area contributed by atoms with Crippen molar-refractivity contribution in [2.75, 3.05) is 5.32 Å². The molecule has 3 aromatic rings. The summed E-state index contributed by atoms with van der Waals surface area (Å²) in [6.45, 7) is 4.38. The first kappa shape index (κ1) is 12.2. The van der Waals surface area contributed by atoms with Crippen LogP contribution in [0.5, 0.6) is 0 Å². The van der Waals surface area contributed by atoms with E-state index in [1.807, 2.05) is 36.7 Å². The van der Waals surface area contributed by atoms with E-state index in [0.717, 1.165) is 16.9 Å². The van der Waals surface area contributed by atoms with Gasteiger partial charge in [0.15, 0.2) is 0 Å². The number of nitrogens with one attached hydrogen (secondary N) is 1. The van der Waals surface area contributed by atoms with Crippen LogP contribution in [0.4, 0.5) is 5.69 Å². The third-order valence-electron chi connectivity index (χ3n) is 2.86. The van der Waals surface area contributed by atoms with Gasteiger partial charge in [-0.25, -0.2) is 4.68 Å². The van der Waals surface area contributed by atoms with Crippen molar-refractivity contribution in [1.82, 2.24) is 24.8 Å². The van der Waals surface area contributed by atoms with Gasteiger partial charge < -0.3 is 5.32 Å². The van der Waals surface area contributed by atoms with Gasteiger partial charge in [0, 0.05) is 30.2 Å². The molecule has 0 radical (unpaired) electrons. The van der Waals surface area contributed by atoms with Gasteiger partial charge in [-0.3, -0.25) is 0 Å². The fourth-order valence-electron chi connectivity index (χ4n) is 1.83. The highest BCUT2D eigenvalue weighted by atomic mass is 15.5. The van der Waals surface area contributed by atoms with Gasteiger partial charge >= 0.3 is 0 Å². The summed E-state index contributed by atoms with van der Waals surface area (Å²) in [6, 6.07) is 7.93. The molecule has 20 heavy (non-hydrogen) atoms. The van der Waals surface area contributed by atoms with Crippen LogP contribution in [0.15, 0.2) is 55.6 Å². The van der Waals surface area contributed by atoms with E-state index in [9.17, 15) is 0 Å². The highest BCUT2D eigenvalue weighted by molar-refractivity contribution is 5.48. The van der Waals surface area contributed by atoms with Crippen molar-refractivity contribution in [1.29, 1.82) is 0 Å². The molecule has 100 valence electrons. The van der Waals surface area contributed by atoms with E-state index in [1.54, 1.807) is 28.1 Å². The summed E-state index contributed by atoms with van der Waals surface area (Å²) in [7, 11) is 0. The number of hydrogen-bond donors (Lipinski definition) is 1. The van der Waals surface area contributed by atoms with Gasteiger partial charge in [0.1, 0.15) is 0 Å². The molecule has 3 rings (SSSR count). The molecule has 2 aromatic heterocycles. The van der Waals surface area contributed by atoms with Crippen LogP contribution < -0.4 is 5.32 Å². The van der Waals surface area contributed by atoms with E-state index < -0.39 is 0 Å². The number of rotatable bonds is 5. The van der Waals surface area contributed by atoms with Crippen molar-refractivity contribution in [2.24, 2.45) is 0 Å². The molecule has 0 bridgehead atoms. The molecule has 0 aliphatic rings. The quantitative estimate of drug-likeness (QED) is 0.769. The van der Waals surface area contributed by atoms with E-state index >= 15 is 0 Å². The Morgan fingerprint density at radius 3 is 2.50 bits per heavy atom. The van der Waals surface area contributed by atoms with Crippen molar-refractivity contribution in [3.63, 3.8) is 0 Å². The molecule has 0 atom stereocenters. The SMILES string of the molecule is C=Cn1cc(CNc2ccc(-n3nccn3)cc2)cn1. The summed E-state index contributed by atoms with van der Waals surface area (Å²) in [6.07, 6.45) is 8.72. The second-order valence-electron chi connectivity index (χ2n) is 4.23. The van der Waals surface area contributed by atoms with E-state index in [2.05, 4.69) is 27.2 Å². The van der Waals surface area contributed by atoms with Crippen LogP contribution in [0.25, 0.3) is 11.9 Å². The molecule has 6 nitrogen and oxygen atoms in total. The third-order valence-corrected chi connectivity index (χ3v) is 2.86. The van der Waals surface area contributed by atoms with Gasteiger partial charge in [0.05, 0.1) is 24.3 Å². The largest absolute Gasteiger partial charge is 0.381 e. The van der Waals surface area contributed by atoms with Crippen molar-refractivity contribution in [3.05, 3.63) is 61.2 Å². The molecule has 6 heteroatoms. The topological polar surface area (TPSA) is 60.6 Å². The van der Waals surface area contributed by atoms with Gasteiger partial charge in [-0.2, -0.15) is 20.1 Å². The van der Waals surface area contributed by atoms with Crippen LogP contribution in [-0.4, -0.2) is 24.8 Å². The normalized spacial score (nSPS) is 10.4. The molecule has 2 heterocycles. The highest BCUT2D eigenvalue weighted by Gasteiger charge is 1.99. The summed E-state index contributed by atoms with van der Waals surface area (Å²) in [4.78, 5) is 1.58. The Morgan fingerprint density at radius 1 is 1.10 bits per heavy atom. The molecule has 0 saturated heterocycles. The van der Waals surface area contributed by atoms with Crippen molar-refractivity contribution < 1.29 is 0 Å². The minimum absolute atomic E-state index is 0.715. The van der Waals surface area contributed by atoms with Crippen molar-refractivity contribution in [3.8, 4) is 5.69 Å². The Morgan fingerprint density at radius 2 is 1.85 bits per heavy atom. The first-order valence-corrected chi connectivity index (χ1v) is 6.21. The lowest BCUT2D eigenvalue weighted by atomic mass is 10.2. The first-order valence-electron chi connectivity index (χ1n) is 6.21.